The molecule has 20 heavy (non-hydrogen) atoms. The molecular formula is C13H12FN5O. The van der Waals surface area contributed by atoms with Crippen LogP contribution in [0.15, 0.2) is 35.1 Å². The highest BCUT2D eigenvalue weighted by Crippen LogP contribution is 2.19. The third-order valence-electron chi connectivity index (χ3n) is 2.85. The van der Waals surface area contributed by atoms with Crippen molar-refractivity contribution >= 4 is 5.69 Å². The average molecular weight is 273 g/mol. The van der Waals surface area contributed by atoms with Crippen LogP contribution in [0, 0.1) is 12.7 Å². The highest BCUT2D eigenvalue weighted by atomic mass is 19.1. The Morgan fingerprint density at radius 3 is 2.95 bits per heavy atom. The molecule has 7 heteroatoms. The van der Waals surface area contributed by atoms with E-state index in [9.17, 15) is 4.39 Å². The van der Waals surface area contributed by atoms with Gasteiger partial charge < -0.3 is 10.3 Å². The van der Waals surface area contributed by atoms with Gasteiger partial charge in [-0.1, -0.05) is 17.3 Å². The fourth-order valence-electron chi connectivity index (χ4n) is 1.77. The maximum Gasteiger partial charge on any atom is 0.248 e. The van der Waals surface area contributed by atoms with Gasteiger partial charge in [0.15, 0.2) is 0 Å². The van der Waals surface area contributed by atoms with Crippen LogP contribution in [0.1, 0.15) is 11.5 Å². The van der Waals surface area contributed by atoms with Gasteiger partial charge in [0, 0.05) is 11.8 Å². The van der Waals surface area contributed by atoms with Crippen LogP contribution in [0.5, 0.6) is 0 Å². The first-order chi connectivity index (χ1) is 9.61. The van der Waals surface area contributed by atoms with Gasteiger partial charge in [0.25, 0.3) is 0 Å². The Bertz CT molecular complexity index is 749. The van der Waals surface area contributed by atoms with E-state index in [-0.39, 0.29) is 5.82 Å². The summed E-state index contributed by atoms with van der Waals surface area (Å²) in [4.78, 5) is 4.21. The molecule has 0 fully saturated rings. The zero-order chi connectivity index (χ0) is 14.1. The number of nitrogens with zero attached hydrogens (tertiary/aromatic N) is 4. The molecule has 2 heterocycles. The smallest absolute Gasteiger partial charge is 0.248 e. The van der Waals surface area contributed by atoms with Gasteiger partial charge in [-0.2, -0.15) is 10.1 Å². The second-order valence-electron chi connectivity index (χ2n) is 4.45. The van der Waals surface area contributed by atoms with Crippen molar-refractivity contribution in [3.05, 3.63) is 47.9 Å². The average Bonchev–Trinajstić information content (AvgIpc) is 3.03. The van der Waals surface area contributed by atoms with E-state index in [1.165, 1.54) is 12.3 Å². The van der Waals surface area contributed by atoms with Gasteiger partial charge in [0.1, 0.15) is 12.4 Å². The quantitative estimate of drug-likeness (QED) is 0.789. The molecule has 3 aromatic rings. The molecule has 2 N–H and O–H groups in total. The Morgan fingerprint density at radius 2 is 2.25 bits per heavy atom. The topological polar surface area (TPSA) is 82.8 Å². The predicted octanol–water partition coefficient (Wildman–Crippen LogP) is 2.01. The summed E-state index contributed by atoms with van der Waals surface area (Å²) in [6.07, 6.45) is 3.20. The molecule has 0 aliphatic rings. The summed E-state index contributed by atoms with van der Waals surface area (Å²) in [5, 5.41) is 7.86. The molecule has 3 rings (SSSR count). The molecule has 102 valence electrons. The highest BCUT2D eigenvalue weighted by Gasteiger charge is 2.11. The van der Waals surface area contributed by atoms with Crippen molar-refractivity contribution in [3.63, 3.8) is 0 Å². The Balaban J connectivity index is 1.84. The van der Waals surface area contributed by atoms with E-state index in [1.807, 2.05) is 0 Å². The van der Waals surface area contributed by atoms with Crippen LogP contribution in [0.4, 0.5) is 10.1 Å². The molecule has 0 atom stereocenters. The van der Waals surface area contributed by atoms with E-state index in [0.717, 1.165) is 0 Å². The minimum absolute atomic E-state index is 0.298. The minimum Gasteiger partial charge on any atom is -0.396 e. The maximum atomic E-state index is 13.5. The SMILES string of the molecule is Cc1ccc(-c2noc(Cn3cc(N)cn3)n2)cc1F. The van der Waals surface area contributed by atoms with Crippen LogP contribution < -0.4 is 5.73 Å². The van der Waals surface area contributed by atoms with Gasteiger partial charge in [-0.3, -0.25) is 4.68 Å². The molecule has 0 saturated heterocycles. The van der Waals surface area contributed by atoms with E-state index in [1.54, 1.807) is 29.9 Å². The Morgan fingerprint density at radius 1 is 1.40 bits per heavy atom. The largest absolute Gasteiger partial charge is 0.396 e. The number of nitrogen functional groups attached to an aromatic ring is 1. The highest BCUT2D eigenvalue weighted by molar-refractivity contribution is 5.54. The number of halogens is 1. The van der Waals surface area contributed by atoms with Crippen molar-refractivity contribution in [1.82, 2.24) is 19.9 Å². The van der Waals surface area contributed by atoms with Crippen LogP contribution >= 0.6 is 0 Å². The maximum absolute atomic E-state index is 13.5. The fraction of sp³-hybridized carbons (Fsp3) is 0.154. The third-order valence-corrected chi connectivity index (χ3v) is 2.85. The van der Waals surface area contributed by atoms with Crippen LogP contribution in [0.25, 0.3) is 11.4 Å². The zero-order valence-electron chi connectivity index (χ0n) is 10.7. The Kier molecular flexibility index (Phi) is 2.94. The summed E-state index contributed by atoms with van der Waals surface area (Å²) in [6, 6.07) is 4.81. The van der Waals surface area contributed by atoms with Crippen molar-refractivity contribution in [2.45, 2.75) is 13.5 Å². The van der Waals surface area contributed by atoms with Gasteiger partial charge >= 0.3 is 0 Å². The number of benzene rings is 1. The lowest BCUT2D eigenvalue weighted by atomic mass is 10.1. The van der Waals surface area contributed by atoms with Gasteiger partial charge in [-0.15, -0.1) is 0 Å². The second-order valence-corrected chi connectivity index (χ2v) is 4.45. The van der Waals surface area contributed by atoms with Crippen molar-refractivity contribution < 1.29 is 8.91 Å². The Hall–Kier alpha value is -2.70. The monoisotopic (exact) mass is 273 g/mol. The first kappa shape index (κ1) is 12.3. The summed E-state index contributed by atoms with van der Waals surface area (Å²) >= 11 is 0. The van der Waals surface area contributed by atoms with Crippen LogP contribution in [0.2, 0.25) is 0 Å². The molecule has 0 aliphatic heterocycles. The molecule has 0 bridgehead atoms. The van der Waals surface area contributed by atoms with Gasteiger partial charge in [-0.05, 0) is 18.6 Å². The van der Waals surface area contributed by atoms with Crippen molar-refractivity contribution in [2.24, 2.45) is 0 Å². The number of anilines is 1. The van der Waals surface area contributed by atoms with Gasteiger partial charge in [0.2, 0.25) is 11.7 Å². The number of hydrogen-bond donors (Lipinski definition) is 1. The zero-order valence-corrected chi connectivity index (χ0v) is 10.7. The first-order valence-corrected chi connectivity index (χ1v) is 5.99. The minimum atomic E-state index is -0.298. The number of rotatable bonds is 3. The third kappa shape index (κ3) is 2.37. The van der Waals surface area contributed by atoms with Crippen molar-refractivity contribution in [3.8, 4) is 11.4 Å². The summed E-state index contributed by atoms with van der Waals surface area (Å²) < 4.78 is 20.2. The summed E-state index contributed by atoms with van der Waals surface area (Å²) in [7, 11) is 0. The van der Waals surface area contributed by atoms with Crippen LogP contribution in [0.3, 0.4) is 0 Å². The molecule has 0 spiro atoms. The molecule has 0 saturated carbocycles. The van der Waals surface area contributed by atoms with Crippen LogP contribution in [-0.4, -0.2) is 19.9 Å². The van der Waals surface area contributed by atoms with E-state index in [2.05, 4.69) is 15.2 Å². The molecule has 2 aromatic heterocycles. The molecule has 0 aliphatic carbocycles. The molecule has 6 nitrogen and oxygen atoms in total. The second kappa shape index (κ2) is 4.76. The van der Waals surface area contributed by atoms with E-state index < -0.39 is 0 Å². The fourth-order valence-corrected chi connectivity index (χ4v) is 1.77. The number of hydrogen-bond acceptors (Lipinski definition) is 5. The first-order valence-electron chi connectivity index (χ1n) is 5.99. The molecule has 0 amide bonds. The van der Waals surface area contributed by atoms with Crippen molar-refractivity contribution in [2.75, 3.05) is 5.73 Å². The van der Waals surface area contributed by atoms with Gasteiger partial charge in [-0.25, -0.2) is 4.39 Å². The number of nitrogens with two attached hydrogens (primary N) is 1. The molecule has 0 unspecified atom stereocenters. The normalized spacial score (nSPS) is 10.9. The molecular weight excluding hydrogens is 261 g/mol. The van der Waals surface area contributed by atoms with E-state index in [4.69, 9.17) is 10.3 Å². The summed E-state index contributed by atoms with van der Waals surface area (Å²) in [5.74, 6) is 0.428. The number of aromatic nitrogens is 4. The summed E-state index contributed by atoms with van der Waals surface area (Å²) in [5.41, 5.74) is 7.27. The lowest BCUT2D eigenvalue weighted by Gasteiger charge is -1.97. The Labute approximate surface area is 114 Å². The predicted molar refractivity (Wildman–Crippen MR) is 70.2 cm³/mol. The van der Waals surface area contributed by atoms with Crippen LogP contribution in [-0.2, 0) is 6.54 Å². The van der Waals surface area contributed by atoms with E-state index >= 15 is 0 Å². The van der Waals surface area contributed by atoms with Crippen molar-refractivity contribution in [1.29, 1.82) is 0 Å². The lowest BCUT2D eigenvalue weighted by molar-refractivity contribution is 0.366. The number of aryl methyl sites for hydroxylation is 1. The lowest BCUT2D eigenvalue weighted by Crippen LogP contribution is -2.00. The summed E-state index contributed by atoms with van der Waals surface area (Å²) in [6.45, 7) is 2.02. The molecule has 0 radical (unpaired) electrons. The van der Waals surface area contributed by atoms with E-state index in [0.29, 0.717) is 35.1 Å². The van der Waals surface area contributed by atoms with Gasteiger partial charge in [0.05, 0.1) is 11.9 Å². The molecule has 1 aromatic carbocycles. The standard InChI is InChI=1S/C13H12FN5O/c1-8-2-3-9(4-11(8)14)13-17-12(20-18-13)7-19-6-10(15)5-16-19/h2-6H,7,15H2,1H3.